The van der Waals surface area contributed by atoms with Crippen LogP contribution in [0, 0.1) is 0 Å². The fraction of sp³-hybridized carbons (Fsp3) is 0.296. The van der Waals surface area contributed by atoms with Gasteiger partial charge in [-0.25, -0.2) is 4.79 Å². The molecule has 0 aliphatic carbocycles. The van der Waals surface area contributed by atoms with Crippen molar-refractivity contribution in [2.75, 3.05) is 13.2 Å². The molecule has 0 unspecified atom stereocenters. The predicted molar refractivity (Wildman–Crippen MR) is 122 cm³/mol. The Bertz CT molecular complexity index is 901. The molecule has 156 valence electrons. The molecule has 0 saturated carbocycles. The summed E-state index contributed by atoms with van der Waals surface area (Å²) in [5, 5.41) is 8.77. The van der Waals surface area contributed by atoms with Gasteiger partial charge in [0.1, 0.15) is 0 Å². The van der Waals surface area contributed by atoms with Crippen molar-refractivity contribution in [2.24, 2.45) is 0 Å². The number of carbonyl (C=O) groups is 1. The van der Waals surface area contributed by atoms with Crippen molar-refractivity contribution in [3.8, 4) is 22.3 Å². The van der Waals surface area contributed by atoms with Gasteiger partial charge < -0.3 is 9.84 Å². The first-order valence-electron chi connectivity index (χ1n) is 10.8. The van der Waals surface area contributed by atoms with Crippen LogP contribution in [0.2, 0.25) is 0 Å². The molecule has 0 fully saturated rings. The molecule has 0 aliphatic heterocycles. The summed E-state index contributed by atoms with van der Waals surface area (Å²) in [6, 6.07) is 26.3. The maximum Gasteiger partial charge on any atom is 0.338 e. The molecule has 3 rings (SSSR count). The normalized spacial score (nSPS) is 10.7. The van der Waals surface area contributed by atoms with Gasteiger partial charge >= 0.3 is 5.97 Å². The first-order valence-corrected chi connectivity index (χ1v) is 10.8. The van der Waals surface area contributed by atoms with Crippen LogP contribution in [0.5, 0.6) is 0 Å². The number of hydrogen-bond donors (Lipinski definition) is 1. The van der Waals surface area contributed by atoms with Crippen molar-refractivity contribution >= 4 is 5.97 Å². The average molecular weight is 403 g/mol. The number of aliphatic hydroxyl groups excluding tert-OH is 1. The van der Waals surface area contributed by atoms with E-state index < -0.39 is 0 Å². The minimum Gasteiger partial charge on any atom is -0.462 e. The van der Waals surface area contributed by atoms with Crippen LogP contribution in [0.4, 0.5) is 0 Å². The number of ether oxygens (including phenoxy) is 1. The molecule has 0 radical (unpaired) electrons. The van der Waals surface area contributed by atoms with Gasteiger partial charge in [0.25, 0.3) is 0 Å². The number of esters is 1. The standard InChI is InChI=1S/C27H30O3/c28-20-10-3-1-2-4-11-21-30-27(29)24-18-16-23(17-19-24)26-15-9-8-14-25(26)22-12-6-5-7-13-22/h5-9,12-19,28H,1-4,10-11,20-21H2. The Morgan fingerprint density at radius 3 is 1.80 bits per heavy atom. The molecule has 0 aromatic heterocycles. The second-order valence-corrected chi connectivity index (χ2v) is 7.47. The molecule has 1 N–H and O–H groups in total. The maximum absolute atomic E-state index is 12.3. The molecule has 0 amide bonds. The molecule has 3 aromatic rings. The molecule has 0 bridgehead atoms. The number of aliphatic hydroxyl groups is 1. The van der Waals surface area contributed by atoms with Gasteiger partial charge in [0.15, 0.2) is 0 Å². The van der Waals surface area contributed by atoms with E-state index in [0.29, 0.717) is 12.2 Å². The summed E-state index contributed by atoms with van der Waals surface area (Å²) in [5.41, 5.74) is 5.15. The summed E-state index contributed by atoms with van der Waals surface area (Å²) < 4.78 is 5.42. The van der Waals surface area contributed by atoms with E-state index in [0.717, 1.165) is 49.7 Å². The Balaban J connectivity index is 1.55. The minimum absolute atomic E-state index is 0.266. The largest absolute Gasteiger partial charge is 0.462 e. The zero-order chi connectivity index (χ0) is 21.0. The molecule has 0 spiro atoms. The Morgan fingerprint density at radius 2 is 1.17 bits per heavy atom. The summed E-state index contributed by atoms with van der Waals surface area (Å²) in [6.45, 7) is 0.728. The monoisotopic (exact) mass is 402 g/mol. The van der Waals surface area contributed by atoms with Crippen LogP contribution in [0.3, 0.4) is 0 Å². The lowest BCUT2D eigenvalue weighted by Crippen LogP contribution is -2.06. The van der Waals surface area contributed by atoms with Crippen LogP contribution in [-0.2, 0) is 4.74 Å². The summed E-state index contributed by atoms with van der Waals surface area (Å²) >= 11 is 0. The van der Waals surface area contributed by atoms with E-state index in [-0.39, 0.29) is 12.6 Å². The van der Waals surface area contributed by atoms with Crippen LogP contribution in [0.1, 0.15) is 48.9 Å². The molecule has 0 atom stereocenters. The lowest BCUT2D eigenvalue weighted by atomic mass is 9.94. The number of unbranched alkanes of at least 4 members (excludes halogenated alkanes) is 5. The van der Waals surface area contributed by atoms with Crippen LogP contribution < -0.4 is 0 Å². The van der Waals surface area contributed by atoms with Gasteiger partial charge in [-0.15, -0.1) is 0 Å². The SMILES string of the molecule is O=C(OCCCCCCCCO)c1ccc(-c2ccccc2-c2ccccc2)cc1. The average Bonchev–Trinajstić information content (AvgIpc) is 2.81. The number of benzene rings is 3. The van der Waals surface area contributed by atoms with Gasteiger partial charge in [0.05, 0.1) is 12.2 Å². The van der Waals surface area contributed by atoms with Crippen LogP contribution in [0.15, 0.2) is 78.9 Å². The van der Waals surface area contributed by atoms with Gasteiger partial charge in [-0.3, -0.25) is 0 Å². The maximum atomic E-state index is 12.3. The fourth-order valence-electron chi connectivity index (χ4n) is 3.56. The molecule has 30 heavy (non-hydrogen) atoms. The molecule has 0 saturated heterocycles. The summed E-state index contributed by atoms with van der Waals surface area (Å²) in [6.07, 6.45) is 6.12. The van der Waals surface area contributed by atoms with Gasteiger partial charge in [-0.05, 0) is 47.2 Å². The van der Waals surface area contributed by atoms with Crippen molar-refractivity contribution in [3.63, 3.8) is 0 Å². The smallest absolute Gasteiger partial charge is 0.338 e. The molecular weight excluding hydrogens is 372 g/mol. The van der Waals surface area contributed by atoms with E-state index in [4.69, 9.17) is 9.84 Å². The summed E-state index contributed by atoms with van der Waals surface area (Å²) in [5.74, 6) is -0.266. The highest BCUT2D eigenvalue weighted by Gasteiger charge is 2.10. The van der Waals surface area contributed by atoms with Crippen LogP contribution >= 0.6 is 0 Å². The highest BCUT2D eigenvalue weighted by molar-refractivity contribution is 5.91. The summed E-state index contributed by atoms with van der Waals surface area (Å²) in [4.78, 5) is 12.3. The Labute approximate surface area is 179 Å². The summed E-state index contributed by atoms with van der Waals surface area (Å²) in [7, 11) is 0. The van der Waals surface area contributed by atoms with Gasteiger partial charge in [0.2, 0.25) is 0 Å². The third-order valence-electron chi connectivity index (χ3n) is 5.23. The Morgan fingerprint density at radius 1 is 0.633 bits per heavy atom. The third-order valence-corrected chi connectivity index (χ3v) is 5.23. The Hall–Kier alpha value is -2.91. The van der Waals surface area contributed by atoms with Crippen LogP contribution in [0.25, 0.3) is 22.3 Å². The molecular formula is C27H30O3. The number of rotatable bonds is 11. The van der Waals surface area contributed by atoms with Gasteiger partial charge in [-0.2, -0.15) is 0 Å². The van der Waals surface area contributed by atoms with E-state index >= 15 is 0 Å². The number of hydrogen-bond acceptors (Lipinski definition) is 3. The number of carbonyl (C=O) groups excluding carboxylic acids is 1. The van der Waals surface area contributed by atoms with E-state index in [1.807, 2.05) is 54.6 Å². The molecule has 0 heterocycles. The molecule has 3 aromatic carbocycles. The highest BCUT2D eigenvalue weighted by Crippen LogP contribution is 2.32. The van der Waals surface area contributed by atoms with E-state index in [2.05, 4.69) is 24.3 Å². The zero-order valence-electron chi connectivity index (χ0n) is 17.4. The molecule has 3 nitrogen and oxygen atoms in total. The van der Waals surface area contributed by atoms with Crippen LogP contribution in [-0.4, -0.2) is 24.3 Å². The fourth-order valence-corrected chi connectivity index (χ4v) is 3.56. The van der Waals surface area contributed by atoms with Gasteiger partial charge in [-0.1, -0.05) is 92.4 Å². The first kappa shape index (κ1) is 21.8. The zero-order valence-corrected chi connectivity index (χ0v) is 17.4. The molecule has 3 heteroatoms. The topological polar surface area (TPSA) is 46.5 Å². The first-order chi connectivity index (χ1) is 14.8. The van der Waals surface area contributed by atoms with E-state index in [9.17, 15) is 4.79 Å². The second kappa shape index (κ2) is 11.9. The Kier molecular flexibility index (Phi) is 8.67. The lowest BCUT2D eigenvalue weighted by Gasteiger charge is -2.11. The third kappa shape index (κ3) is 6.30. The lowest BCUT2D eigenvalue weighted by molar-refractivity contribution is 0.0497. The van der Waals surface area contributed by atoms with Gasteiger partial charge in [0, 0.05) is 6.61 Å². The van der Waals surface area contributed by atoms with E-state index in [1.165, 1.54) is 11.1 Å². The highest BCUT2D eigenvalue weighted by atomic mass is 16.5. The van der Waals surface area contributed by atoms with Crippen molar-refractivity contribution in [1.29, 1.82) is 0 Å². The quantitative estimate of drug-likeness (QED) is 0.294. The van der Waals surface area contributed by atoms with Crippen molar-refractivity contribution < 1.29 is 14.6 Å². The van der Waals surface area contributed by atoms with E-state index in [1.54, 1.807) is 0 Å². The molecule has 0 aliphatic rings. The second-order valence-electron chi connectivity index (χ2n) is 7.47. The van der Waals surface area contributed by atoms with Crippen molar-refractivity contribution in [2.45, 2.75) is 38.5 Å². The predicted octanol–water partition coefficient (Wildman–Crippen LogP) is 6.51. The minimum atomic E-state index is -0.266. The van der Waals surface area contributed by atoms with Crippen molar-refractivity contribution in [3.05, 3.63) is 84.4 Å². The van der Waals surface area contributed by atoms with Crippen molar-refractivity contribution in [1.82, 2.24) is 0 Å².